The molecule has 17 heavy (non-hydrogen) atoms. The third-order valence-corrected chi connectivity index (χ3v) is 2.82. The number of nitrogens with zero attached hydrogens (tertiary/aromatic N) is 2. The maximum atomic E-state index is 11.3. The number of hydrogen-bond acceptors (Lipinski definition) is 5. The number of sulfonamides is 1. The first-order valence-electron chi connectivity index (χ1n) is 4.58. The van der Waals surface area contributed by atoms with Crippen LogP contribution in [0.1, 0.15) is 12.0 Å². The topological polar surface area (TPSA) is 139 Å². The molecule has 92 valence electrons. The molecular weight excluding hydrogens is 248 g/mol. The SMILES string of the molecule is N#Cc1cn(CCCS(N)(=O)=O)c(=O)[nH]c1=O. The molecule has 0 atom stereocenters. The van der Waals surface area contributed by atoms with Gasteiger partial charge in [-0.2, -0.15) is 5.26 Å². The molecule has 1 aromatic heterocycles. The quantitative estimate of drug-likeness (QED) is 0.648. The van der Waals surface area contributed by atoms with Gasteiger partial charge in [0.15, 0.2) is 0 Å². The lowest BCUT2D eigenvalue weighted by molar-refractivity contribution is 0.582. The number of rotatable bonds is 4. The Balaban J connectivity index is 2.90. The van der Waals surface area contributed by atoms with E-state index in [-0.39, 0.29) is 24.3 Å². The summed E-state index contributed by atoms with van der Waals surface area (Å²) in [6.07, 6.45) is 1.21. The van der Waals surface area contributed by atoms with E-state index in [0.29, 0.717) is 0 Å². The maximum absolute atomic E-state index is 11.3. The summed E-state index contributed by atoms with van der Waals surface area (Å²) in [6.45, 7) is 0.0563. The van der Waals surface area contributed by atoms with Gasteiger partial charge in [-0.25, -0.2) is 18.4 Å². The van der Waals surface area contributed by atoms with Crippen LogP contribution in [0.3, 0.4) is 0 Å². The van der Waals surface area contributed by atoms with E-state index in [4.69, 9.17) is 10.4 Å². The Hall–Kier alpha value is -1.92. The summed E-state index contributed by atoms with van der Waals surface area (Å²) in [5.41, 5.74) is -1.66. The molecule has 0 aliphatic rings. The zero-order valence-corrected chi connectivity index (χ0v) is 9.53. The molecule has 1 aromatic rings. The summed E-state index contributed by atoms with van der Waals surface area (Å²) in [5, 5.41) is 13.4. The van der Waals surface area contributed by atoms with Crippen molar-refractivity contribution in [1.82, 2.24) is 9.55 Å². The third kappa shape index (κ3) is 3.86. The minimum absolute atomic E-state index is 0.0563. The zero-order chi connectivity index (χ0) is 13.1. The number of nitriles is 1. The molecule has 9 heteroatoms. The second-order valence-corrected chi connectivity index (χ2v) is 5.06. The highest BCUT2D eigenvalue weighted by Gasteiger charge is 2.06. The van der Waals surface area contributed by atoms with Gasteiger partial charge in [0.05, 0.1) is 5.75 Å². The lowest BCUT2D eigenvalue weighted by Gasteiger charge is -2.03. The van der Waals surface area contributed by atoms with Crippen molar-refractivity contribution in [3.05, 3.63) is 32.6 Å². The zero-order valence-electron chi connectivity index (χ0n) is 8.71. The molecule has 0 amide bonds. The number of nitrogens with one attached hydrogen (secondary N) is 1. The molecule has 0 spiro atoms. The molecule has 0 aliphatic carbocycles. The van der Waals surface area contributed by atoms with Crippen LogP contribution >= 0.6 is 0 Å². The highest BCUT2D eigenvalue weighted by Crippen LogP contribution is 1.91. The average Bonchev–Trinajstić information content (AvgIpc) is 2.19. The van der Waals surface area contributed by atoms with Crippen molar-refractivity contribution in [2.24, 2.45) is 5.14 Å². The van der Waals surface area contributed by atoms with Gasteiger partial charge in [-0.3, -0.25) is 14.3 Å². The van der Waals surface area contributed by atoms with Crippen molar-refractivity contribution >= 4 is 10.0 Å². The van der Waals surface area contributed by atoms with Crippen LogP contribution in [0.15, 0.2) is 15.8 Å². The summed E-state index contributed by atoms with van der Waals surface area (Å²) in [7, 11) is -3.58. The Morgan fingerprint density at radius 2 is 2.12 bits per heavy atom. The molecule has 8 nitrogen and oxygen atoms in total. The van der Waals surface area contributed by atoms with Gasteiger partial charge in [0, 0.05) is 12.7 Å². The second kappa shape index (κ2) is 4.94. The summed E-state index contributed by atoms with van der Waals surface area (Å²) < 4.78 is 22.4. The van der Waals surface area contributed by atoms with E-state index in [1.54, 1.807) is 6.07 Å². The Labute approximate surface area is 96.4 Å². The van der Waals surface area contributed by atoms with Gasteiger partial charge in [0.2, 0.25) is 10.0 Å². The number of nitrogens with two attached hydrogens (primary N) is 1. The third-order valence-electron chi connectivity index (χ3n) is 1.96. The van der Waals surface area contributed by atoms with Crippen LogP contribution in [0, 0.1) is 11.3 Å². The first kappa shape index (κ1) is 13.1. The lowest BCUT2D eigenvalue weighted by atomic mass is 10.3. The standard InChI is InChI=1S/C8H10N4O4S/c9-4-6-5-12(8(14)11-7(6)13)2-1-3-17(10,15)16/h5H,1-3H2,(H2,10,15,16)(H,11,13,14). The van der Waals surface area contributed by atoms with Gasteiger partial charge in [0.25, 0.3) is 5.56 Å². The summed E-state index contributed by atoms with van der Waals surface area (Å²) in [6, 6.07) is 1.62. The van der Waals surface area contributed by atoms with E-state index >= 15 is 0 Å². The number of aryl methyl sites for hydroxylation is 1. The van der Waals surface area contributed by atoms with Crippen LogP contribution < -0.4 is 16.4 Å². The molecule has 0 saturated heterocycles. The van der Waals surface area contributed by atoms with Crippen LogP contribution in [0.2, 0.25) is 0 Å². The summed E-state index contributed by atoms with van der Waals surface area (Å²) in [4.78, 5) is 24.3. The predicted molar refractivity (Wildman–Crippen MR) is 58.6 cm³/mol. The molecular formula is C8H10N4O4S. The van der Waals surface area contributed by atoms with E-state index in [9.17, 15) is 18.0 Å². The van der Waals surface area contributed by atoms with Gasteiger partial charge in [-0.15, -0.1) is 0 Å². The van der Waals surface area contributed by atoms with Crippen molar-refractivity contribution in [1.29, 1.82) is 5.26 Å². The molecule has 0 radical (unpaired) electrons. The van der Waals surface area contributed by atoms with Crippen LogP contribution in [0.5, 0.6) is 0 Å². The number of H-pyrrole nitrogens is 1. The van der Waals surface area contributed by atoms with Crippen LogP contribution in [0.4, 0.5) is 0 Å². The minimum atomic E-state index is -3.58. The van der Waals surface area contributed by atoms with Gasteiger partial charge < -0.3 is 0 Å². The molecule has 0 unspecified atom stereocenters. The molecule has 0 fully saturated rings. The lowest BCUT2D eigenvalue weighted by Crippen LogP contribution is -2.31. The molecule has 0 bridgehead atoms. The first-order chi connectivity index (χ1) is 7.83. The maximum Gasteiger partial charge on any atom is 0.328 e. The van der Waals surface area contributed by atoms with Crippen LogP contribution in [0.25, 0.3) is 0 Å². The fourth-order valence-corrected chi connectivity index (χ4v) is 1.72. The Kier molecular flexibility index (Phi) is 3.82. The monoisotopic (exact) mass is 258 g/mol. The Morgan fingerprint density at radius 1 is 1.47 bits per heavy atom. The van der Waals surface area contributed by atoms with E-state index in [2.05, 4.69) is 0 Å². The van der Waals surface area contributed by atoms with Crippen LogP contribution in [-0.2, 0) is 16.6 Å². The summed E-state index contributed by atoms with van der Waals surface area (Å²) >= 11 is 0. The van der Waals surface area contributed by atoms with Crippen LogP contribution in [-0.4, -0.2) is 23.7 Å². The molecule has 0 aliphatic heterocycles. The average molecular weight is 258 g/mol. The Bertz CT molecular complexity index is 664. The van der Waals surface area contributed by atoms with E-state index in [0.717, 1.165) is 10.8 Å². The molecule has 1 rings (SSSR count). The predicted octanol–water partition coefficient (Wildman–Crippen LogP) is -1.91. The van der Waals surface area contributed by atoms with Gasteiger partial charge in [-0.05, 0) is 6.42 Å². The van der Waals surface area contributed by atoms with E-state index in [1.165, 1.54) is 0 Å². The first-order valence-corrected chi connectivity index (χ1v) is 6.29. The number of aromatic nitrogens is 2. The molecule has 3 N–H and O–H groups in total. The van der Waals surface area contributed by atoms with Crippen molar-refractivity contribution in [2.75, 3.05) is 5.75 Å². The van der Waals surface area contributed by atoms with Crippen molar-refractivity contribution in [2.45, 2.75) is 13.0 Å². The van der Waals surface area contributed by atoms with E-state index in [1.807, 2.05) is 4.98 Å². The van der Waals surface area contributed by atoms with Crippen molar-refractivity contribution in [3.63, 3.8) is 0 Å². The fraction of sp³-hybridized carbons (Fsp3) is 0.375. The van der Waals surface area contributed by atoms with Crippen molar-refractivity contribution in [3.8, 4) is 6.07 Å². The number of primary sulfonamides is 1. The second-order valence-electron chi connectivity index (χ2n) is 3.33. The van der Waals surface area contributed by atoms with E-state index < -0.39 is 21.3 Å². The summed E-state index contributed by atoms with van der Waals surface area (Å²) in [5.74, 6) is -0.277. The number of aromatic amines is 1. The molecule has 0 aromatic carbocycles. The molecule has 0 saturated carbocycles. The largest absolute Gasteiger partial charge is 0.328 e. The fourth-order valence-electron chi connectivity index (χ4n) is 1.19. The highest BCUT2D eigenvalue weighted by molar-refractivity contribution is 7.89. The van der Waals surface area contributed by atoms with Crippen molar-refractivity contribution < 1.29 is 8.42 Å². The molecule has 1 heterocycles. The highest BCUT2D eigenvalue weighted by atomic mass is 32.2. The van der Waals surface area contributed by atoms with Gasteiger partial charge in [0.1, 0.15) is 11.6 Å². The normalized spacial score (nSPS) is 11.1. The van der Waals surface area contributed by atoms with Gasteiger partial charge >= 0.3 is 5.69 Å². The van der Waals surface area contributed by atoms with Gasteiger partial charge in [-0.1, -0.05) is 0 Å². The smallest absolute Gasteiger partial charge is 0.299 e. The number of hydrogen-bond donors (Lipinski definition) is 2. The Morgan fingerprint density at radius 3 is 2.65 bits per heavy atom. The minimum Gasteiger partial charge on any atom is -0.299 e.